The van der Waals surface area contributed by atoms with E-state index in [0.717, 1.165) is 29.8 Å². The van der Waals surface area contributed by atoms with Crippen LogP contribution in [0.3, 0.4) is 0 Å². The van der Waals surface area contributed by atoms with Crippen LogP contribution in [0.5, 0.6) is 0 Å². The van der Waals surface area contributed by atoms with Crippen LogP contribution in [0.25, 0.3) is 11.3 Å². The molecule has 2 heterocycles. The number of rotatable bonds is 4. The Labute approximate surface area is 168 Å². The van der Waals surface area contributed by atoms with Crippen LogP contribution in [0, 0.1) is 11.6 Å². The maximum atomic E-state index is 13.6. The molecule has 4 rings (SSSR count). The fourth-order valence-electron chi connectivity index (χ4n) is 3.96. The molecule has 1 amide bonds. The molecule has 0 atom stereocenters. The number of aryl methyl sites for hydroxylation is 1. The maximum absolute atomic E-state index is 13.6. The van der Waals surface area contributed by atoms with Gasteiger partial charge in [0.1, 0.15) is 11.6 Å². The van der Waals surface area contributed by atoms with Crippen LogP contribution in [0.1, 0.15) is 30.0 Å². The van der Waals surface area contributed by atoms with Crippen molar-refractivity contribution in [1.29, 1.82) is 0 Å². The SMILES string of the molecule is Cn1nc(C2CCN(C(=O)Cc3cccc(F)c3)CC2)cc1-c1cccc(F)c1. The highest BCUT2D eigenvalue weighted by molar-refractivity contribution is 5.78. The second-order valence-corrected chi connectivity index (χ2v) is 7.55. The Morgan fingerprint density at radius 2 is 1.72 bits per heavy atom. The average Bonchev–Trinajstić information content (AvgIpc) is 3.10. The summed E-state index contributed by atoms with van der Waals surface area (Å²) in [5.41, 5.74) is 3.35. The Hall–Kier alpha value is -3.02. The Morgan fingerprint density at radius 1 is 1.03 bits per heavy atom. The van der Waals surface area contributed by atoms with Gasteiger partial charge in [0.05, 0.1) is 17.8 Å². The molecular weight excluding hydrogens is 372 g/mol. The van der Waals surface area contributed by atoms with Gasteiger partial charge in [-0.05, 0) is 48.7 Å². The zero-order chi connectivity index (χ0) is 20.4. The summed E-state index contributed by atoms with van der Waals surface area (Å²) in [6.07, 6.45) is 1.87. The van der Waals surface area contributed by atoms with Crippen molar-refractivity contribution < 1.29 is 13.6 Å². The summed E-state index contributed by atoms with van der Waals surface area (Å²) in [5.74, 6) is -0.300. The maximum Gasteiger partial charge on any atom is 0.226 e. The zero-order valence-corrected chi connectivity index (χ0v) is 16.3. The van der Waals surface area contributed by atoms with Gasteiger partial charge >= 0.3 is 0 Å². The van der Waals surface area contributed by atoms with E-state index in [-0.39, 0.29) is 29.9 Å². The van der Waals surface area contributed by atoms with E-state index in [4.69, 9.17) is 0 Å². The van der Waals surface area contributed by atoms with Crippen molar-refractivity contribution in [2.75, 3.05) is 13.1 Å². The number of hydrogen-bond acceptors (Lipinski definition) is 2. The molecule has 1 fully saturated rings. The number of nitrogens with zero attached hydrogens (tertiary/aromatic N) is 3. The van der Waals surface area contributed by atoms with Gasteiger partial charge in [-0.3, -0.25) is 9.48 Å². The minimum Gasteiger partial charge on any atom is -0.342 e. The summed E-state index contributed by atoms with van der Waals surface area (Å²) in [6, 6.07) is 14.7. The molecule has 0 radical (unpaired) electrons. The average molecular weight is 395 g/mol. The summed E-state index contributed by atoms with van der Waals surface area (Å²) in [7, 11) is 1.86. The number of piperidine rings is 1. The van der Waals surface area contributed by atoms with E-state index in [0.29, 0.717) is 18.7 Å². The van der Waals surface area contributed by atoms with Gasteiger partial charge in [-0.15, -0.1) is 0 Å². The Kier molecular flexibility index (Phi) is 5.43. The van der Waals surface area contributed by atoms with Gasteiger partial charge < -0.3 is 4.90 Å². The van der Waals surface area contributed by atoms with Crippen molar-refractivity contribution in [2.24, 2.45) is 7.05 Å². The first kappa shape index (κ1) is 19.3. The van der Waals surface area contributed by atoms with Crippen molar-refractivity contribution in [3.63, 3.8) is 0 Å². The first-order valence-electron chi connectivity index (χ1n) is 9.81. The van der Waals surface area contributed by atoms with Crippen LogP contribution in [0.2, 0.25) is 0 Å². The fraction of sp³-hybridized carbons (Fsp3) is 0.304. The first-order valence-corrected chi connectivity index (χ1v) is 9.81. The van der Waals surface area contributed by atoms with Gasteiger partial charge in [-0.2, -0.15) is 5.10 Å². The van der Waals surface area contributed by atoms with E-state index >= 15 is 0 Å². The molecule has 29 heavy (non-hydrogen) atoms. The Bertz CT molecular complexity index is 1020. The van der Waals surface area contributed by atoms with Crippen molar-refractivity contribution in [1.82, 2.24) is 14.7 Å². The van der Waals surface area contributed by atoms with Crippen LogP contribution in [-0.4, -0.2) is 33.7 Å². The molecule has 0 bridgehead atoms. The zero-order valence-electron chi connectivity index (χ0n) is 16.3. The monoisotopic (exact) mass is 395 g/mol. The Morgan fingerprint density at radius 3 is 2.41 bits per heavy atom. The lowest BCUT2D eigenvalue weighted by Gasteiger charge is -2.31. The minimum atomic E-state index is -0.321. The van der Waals surface area contributed by atoms with Gasteiger partial charge in [0.15, 0.2) is 0 Å². The summed E-state index contributed by atoms with van der Waals surface area (Å²) in [6.45, 7) is 1.31. The molecule has 0 unspecified atom stereocenters. The lowest BCUT2D eigenvalue weighted by atomic mass is 9.92. The van der Waals surface area contributed by atoms with Crippen molar-refractivity contribution >= 4 is 5.91 Å². The highest BCUT2D eigenvalue weighted by atomic mass is 19.1. The minimum absolute atomic E-state index is 0.0236. The lowest BCUT2D eigenvalue weighted by Crippen LogP contribution is -2.38. The fourth-order valence-corrected chi connectivity index (χ4v) is 3.96. The van der Waals surface area contributed by atoms with Gasteiger partial charge in [0, 0.05) is 31.6 Å². The van der Waals surface area contributed by atoms with Crippen LogP contribution in [0.15, 0.2) is 54.6 Å². The smallest absolute Gasteiger partial charge is 0.226 e. The number of hydrogen-bond donors (Lipinski definition) is 0. The second kappa shape index (κ2) is 8.15. The molecule has 1 aliphatic rings. The molecule has 4 nitrogen and oxygen atoms in total. The predicted molar refractivity (Wildman–Crippen MR) is 107 cm³/mol. The van der Waals surface area contributed by atoms with Crippen LogP contribution >= 0.6 is 0 Å². The number of aromatic nitrogens is 2. The van der Waals surface area contributed by atoms with Crippen LogP contribution in [0.4, 0.5) is 8.78 Å². The molecule has 1 aliphatic heterocycles. The quantitative estimate of drug-likeness (QED) is 0.660. The number of carbonyl (C=O) groups is 1. The largest absolute Gasteiger partial charge is 0.342 e. The van der Waals surface area contributed by atoms with Crippen LogP contribution < -0.4 is 0 Å². The Balaban J connectivity index is 1.40. The van der Waals surface area contributed by atoms with E-state index in [1.807, 2.05) is 24.1 Å². The normalized spacial score (nSPS) is 14.9. The summed E-state index contributed by atoms with van der Waals surface area (Å²) in [5, 5.41) is 4.64. The van der Waals surface area contributed by atoms with Crippen LogP contribution in [-0.2, 0) is 18.3 Å². The first-order chi connectivity index (χ1) is 14.0. The molecule has 2 aromatic carbocycles. The van der Waals surface area contributed by atoms with Crippen molar-refractivity contribution in [2.45, 2.75) is 25.2 Å². The number of likely N-dealkylation sites (tertiary alicyclic amines) is 1. The number of benzene rings is 2. The molecule has 150 valence electrons. The molecular formula is C23H23F2N3O. The highest BCUT2D eigenvalue weighted by Crippen LogP contribution is 2.30. The lowest BCUT2D eigenvalue weighted by molar-refractivity contribution is -0.131. The number of halogens is 2. The van der Waals surface area contributed by atoms with E-state index < -0.39 is 0 Å². The topological polar surface area (TPSA) is 38.1 Å². The molecule has 0 saturated carbocycles. The molecule has 1 aromatic heterocycles. The third kappa shape index (κ3) is 4.36. The van der Waals surface area contributed by atoms with Gasteiger partial charge in [-0.25, -0.2) is 8.78 Å². The predicted octanol–water partition coefficient (Wildman–Crippen LogP) is 4.31. The third-order valence-corrected chi connectivity index (χ3v) is 5.53. The number of amides is 1. The van der Waals surface area contributed by atoms with Crippen molar-refractivity contribution in [3.8, 4) is 11.3 Å². The second-order valence-electron chi connectivity index (χ2n) is 7.55. The summed E-state index contributed by atoms with van der Waals surface area (Å²) >= 11 is 0. The van der Waals surface area contributed by atoms with Gasteiger partial charge in [-0.1, -0.05) is 24.3 Å². The van der Waals surface area contributed by atoms with Gasteiger partial charge in [0.2, 0.25) is 5.91 Å². The molecule has 0 N–H and O–H groups in total. The summed E-state index contributed by atoms with van der Waals surface area (Å²) < 4.78 is 28.7. The molecule has 0 aliphatic carbocycles. The highest BCUT2D eigenvalue weighted by Gasteiger charge is 2.26. The molecule has 1 saturated heterocycles. The van der Waals surface area contributed by atoms with Crippen molar-refractivity contribution in [3.05, 3.63) is 77.5 Å². The molecule has 3 aromatic rings. The van der Waals surface area contributed by atoms with E-state index in [9.17, 15) is 13.6 Å². The van der Waals surface area contributed by atoms with Gasteiger partial charge in [0.25, 0.3) is 0 Å². The third-order valence-electron chi connectivity index (χ3n) is 5.53. The number of carbonyl (C=O) groups excluding carboxylic acids is 1. The standard InChI is InChI=1S/C23H23F2N3O/c1-27-22(18-5-3-7-20(25)14-18)15-21(26-27)17-8-10-28(11-9-17)23(29)13-16-4-2-6-19(24)12-16/h2-7,12,14-15,17H,8-11,13H2,1H3. The van der Waals surface area contributed by atoms with E-state index in [1.54, 1.807) is 22.9 Å². The van der Waals surface area contributed by atoms with E-state index in [2.05, 4.69) is 5.10 Å². The molecule has 0 spiro atoms. The van der Waals surface area contributed by atoms with E-state index in [1.165, 1.54) is 24.3 Å². The molecule has 6 heteroatoms. The summed E-state index contributed by atoms with van der Waals surface area (Å²) in [4.78, 5) is 14.4.